The molecule has 2 aliphatic carbocycles. The topological polar surface area (TPSA) is 21.3 Å². The molecule has 4 heteroatoms. The number of nitrogens with one attached hydrogen (secondary N) is 1. The lowest BCUT2D eigenvalue weighted by Crippen LogP contribution is -2.45. The third-order valence-corrected chi connectivity index (χ3v) is 5.19. The molecule has 0 aromatic heterocycles. The molecule has 2 aliphatic rings. The van der Waals surface area contributed by atoms with Gasteiger partial charge in [-0.3, -0.25) is 0 Å². The maximum absolute atomic E-state index is 6.32. The zero-order valence-electron chi connectivity index (χ0n) is 10.9. The summed E-state index contributed by atoms with van der Waals surface area (Å²) in [6.07, 6.45) is 7.48. The van der Waals surface area contributed by atoms with Crippen molar-refractivity contribution < 1.29 is 4.74 Å². The summed E-state index contributed by atoms with van der Waals surface area (Å²) in [6, 6.07) is 6.92. The summed E-state index contributed by atoms with van der Waals surface area (Å²) in [4.78, 5) is 0. The Kier molecular flexibility index (Phi) is 4.20. The van der Waals surface area contributed by atoms with E-state index in [0.29, 0.717) is 0 Å². The number of halogens is 2. The van der Waals surface area contributed by atoms with Crippen molar-refractivity contribution in [2.45, 2.75) is 50.2 Å². The fourth-order valence-corrected chi connectivity index (χ4v) is 3.69. The molecule has 1 aromatic rings. The Labute approximate surface area is 131 Å². The lowest BCUT2D eigenvalue weighted by molar-refractivity contribution is -0.0149. The van der Waals surface area contributed by atoms with Crippen LogP contribution < -0.4 is 10.1 Å². The average molecular weight is 389 g/mol. The van der Waals surface area contributed by atoms with E-state index in [1.54, 1.807) is 0 Å². The molecule has 2 nitrogen and oxygen atoms in total. The van der Waals surface area contributed by atoms with Gasteiger partial charge in [-0.2, -0.15) is 0 Å². The maximum atomic E-state index is 6.32. The standard InChI is InChI=1S/C15H19Br2NO/c16-11-2-5-14(13(17)10-11)19-15(6-1-7-15)8-9-18-12-3-4-12/h2,5,10,12,18H,1,3-4,6-9H2. The zero-order valence-corrected chi connectivity index (χ0v) is 14.1. The molecule has 0 radical (unpaired) electrons. The van der Waals surface area contributed by atoms with Gasteiger partial charge in [0.05, 0.1) is 4.47 Å². The van der Waals surface area contributed by atoms with Crippen molar-refractivity contribution in [3.05, 3.63) is 27.1 Å². The van der Waals surface area contributed by atoms with Crippen molar-refractivity contribution in [3.8, 4) is 5.75 Å². The van der Waals surface area contributed by atoms with E-state index in [4.69, 9.17) is 4.74 Å². The fourth-order valence-electron chi connectivity index (χ4n) is 2.56. The Morgan fingerprint density at radius 1 is 1.26 bits per heavy atom. The second kappa shape index (κ2) is 5.74. The van der Waals surface area contributed by atoms with E-state index in [1.807, 2.05) is 18.2 Å². The van der Waals surface area contributed by atoms with Crippen LogP contribution in [0, 0.1) is 0 Å². The Morgan fingerprint density at radius 2 is 2.05 bits per heavy atom. The van der Waals surface area contributed by atoms with Crippen LogP contribution >= 0.6 is 31.9 Å². The van der Waals surface area contributed by atoms with Crippen molar-refractivity contribution in [1.29, 1.82) is 0 Å². The van der Waals surface area contributed by atoms with Crippen LogP contribution in [0.1, 0.15) is 38.5 Å². The first kappa shape index (κ1) is 13.9. The lowest BCUT2D eigenvalue weighted by Gasteiger charge is -2.42. The van der Waals surface area contributed by atoms with Crippen LogP contribution in [0.25, 0.3) is 0 Å². The first-order chi connectivity index (χ1) is 9.17. The van der Waals surface area contributed by atoms with Crippen molar-refractivity contribution in [3.63, 3.8) is 0 Å². The normalized spacial score (nSPS) is 20.9. The molecule has 0 amide bonds. The smallest absolute Gasteiger partial charge is 0.134 e. The zero-order chi connectivity index (χ0) is 13.3. The van der Waals surface area contributed by atoms with Gasteiger partial charge in [0, 0.05) is 10.5 Å². The second-order valence-corrected chi connectivity index (χ2v) is 7.46. The first-order valence-electron chi connectivity index (χ1n) is 7.04. The number of ether oxygens (including phenoxy) is 1. The van der Waals surface area contributed by atoms with Crippen LogP contribution in [-0.2, 0) is 0 Å². The van der Waals surface area contributed by atoms with Crippen LogP contribution in [-0.4, -0.2) is 18.2 Å². The molecule has 1 aromatic carbocycles. The first-order valence-corrected chi connectivity index (χ1v) is 8.63. The highest BCUT2D eigenvalue weighted by Crippen LogP contribution is 2.41. The van der Waals surface area contributed by atoms with E-state index < -0.39 is 0 Å². The molecule has 0 bridgehead atoms. The molecular weight excluding hydrogens is 370 g/mol. The third-order valence-electron chi connectivity index (χ3n) is 4.08. The summed E-state index contributed by atoms with van der Waals surface area (Å²) >= 11 is 7.06. The average Bonchev–Trinajstić information content (AvgIpc) is 3.13. The second-order valence-electron chi connectivity index (χ2n) is 5.69. The van der Waals surface area contributed by atoms with E-state index in [9.17, 15) is 0 Å². The molecular formula is C15H19Br2NO. The van der Waals surface area contributed by atoms with Gasteiger partial charge in [-0.25, -0.2) is 0 Å². The van der Waals surface area contributed by atoms with Crippen molar-refractivity contribution in [2.24, 2.45) is 0 Å². The summed E-state index contributed by atoms with van der Waals surface area (Å²) in [5, 5.41) is 3.59. The van der Waals surface area contributed by atoms with Gasteiger partial charge in [0.2, 0.25) is 0 Å². The predicted octanol–water partition coefficient (Wildman–Crippen LogP) is 4.66. The van der Waals surface area contributed by atoms with E-state index in [-0.39, 0.29) is 5.60 Å². The van der Waals surface area contributed by atoms with Crippen LogP contribution in [0.4, 0.5) is 0 Å². The summed E-state index contributed by atoms with van der Waals surface area (Å²) in [5.74, 6) is 0.967. The molecule has 0 unspecified atom stereocenters. The molecule has 0 spiro atoms. The number of benzene rings is 1. The summed E-state index contributed by atoms with van der Waals surface area (Å²) < 4.78 is 8.42. The minimum atomic E-state index is 0.0677. The minimum Gasteiger partial charge on any atom is -0.486 e. The Bertz CT molecular complexity index is 455. The third kappa shape index (κ3) is 3.53. The van der Waals surface area contributed by atoms with E-state index in [2.05, 4.69) is 37.2 Å². The molecule has 0 atom stereocenters. The molecule has 19 heavy (non-hydrogen) atoms. The van der Waals surface area contributed by atoms with Crippen molar-refractivity contribution >= 4 is 31.9 Å². The van der Waals surface area contributed by atoms with Crippen molar-refractivity contribution in [2.75, 3.05) is 6.54 Å². The van der Waals surface area contributed by atoms with Gasteiger partial charge in [0.15, 0.2) is 0 Å². The monoisotopic (exact) mass is 387 g/mol. The highest BCUT2D eigenvalue weighted by atomic mass is 79.9. The predicted molar refractivity (Wildman–Crippen MR) is 84.7 cm³/mol. The van der Waals surface area contributed by atoms with Gasteiger partial charge < -0.3 is 10.1 Å². The minimum absolute atomic E-state index is 0.0677. The summed E-state index contributed by atoms with van der Waals surface area (Å²) in [7, 11) is 0. The van der Waals surface area contributed by atoms with E-state index >= 15 is 0 Å². The lowest BCUT2D eigenvalue weighted by atomic mass is 9.77. The quantitative estimate of drug-likeness (QED) is 0.765. The number of rotatable bonds is 6. The highest BCUT2D eigenvalue weighted by molar-refractivity contribution is 9.11. The van der Waals surface area contributed by atoms with Crippen LogP contribution in [0.2, 0.25) is 0 Å². The molecule has 0 aliphatic heterocycles. The number of hydrogen-bond donors (Lipinski definition) is 1. The van der Waals surface area contributed by atoms with Gasteiger partial charge >= 0.3 is 0 Å². The Morgan fingerprint density at radius 3 is 2.63 bits per heavy atom. The van der Waals surface area contributed by atoms with E-state index in [0.717, 1.165) is 33.7 Å². The van der Waals surface area contributed by atoms with Gasteiger partial charge in [0.1, 0.15) is 11.4 Å². The fraction of sp³-hybridized carbons (Fsp3) is 0.600. The molecule has 2 fully saturated rings. The molecule has 2 saturated carbocycles. The van der Waals surface area contributed by atoms with Crippen LogP contribution in [0.3, 0.4) is 0 Å². The molecule has 104 valence electrons. The molecule has 1 N–H and O–H groups in total. The Hall–Kier alpha value is -0.0600. The van der Waals surface area contributed by atoms with Crippen LogP contribution in [0.5, 0.6) is 5.75 Å². The van der Waals surface area contributed by atoms with Gasteiger partial charge in [-0.05, 0) is 79.2 Å². The molecule has 3 rings (SSSR count). The SMILES string of the molecule is Brc1ccc(OC2(CCNC3CC3)CCC2)c(Br)c1. The van der Waals surface area contributed by atoms with Crippen LogP contribution in [0.15, 0.2) is 27.1 Å². The van der Waals surface area contributed by atoms with E-state index in [1.165, 1.54) is 32.1 Å². The Balaban J connectivity index is 1.60. The van der Waals surface area contributed by atoms with Crippen molar-refractivity contribution in [1.82, 2.24) is 5.32 Å². The molecule has 0 heterocycles. The number of hydrogen-bond acceptors (Lipinski definition) is 2. The molecule has 0 saturated heterocycles. The van der Waals surface area contributed by atoms with Gasteiger partial charge in [-0.15, -0.1) is 0 Å². The largest absolute Gasteiger partial charge is 0.486 e. The highest BCUT2D eigenvalue weighted by Gasteiger charge is 2.39. The summed E-state index contributed by atoms with van der Waals surface area (Å²) in [6.45, 7) is 1.08. The van der Waals surface area contributed by atoms with Gasteiger partial charge in [0.25, 0.3) is 0 Å². The maximum Gasteiger partial charge on any atom is 0.134 e. The van der Waals surface area contributed by atoms with Gasteiger partial charge in [-0.1, -0.05) is 15.9 Å². The summed E-state index contributed by atoms with van der Waals surface area (Å²) in [5.41, 5.74) is 0.0677.